The quantitative estimate of drug-likeness (QED) is 0.776. The lowest BCUT2D eigenvalue weighted by atomic mass is 9.97. The first-order chi connectivity index (χ1) is 10.9. The van der Waals surface area contributed by atoms with Crippen molar-refractivity contribution in [2.45, 2.75) is 13.3 Å². The van der Waals surface area contributed by atoms with Gasteiger partial charge in [-0.05, 0) is 37.3 Å². The molecule has 0 fully saturated rings. The van der Waals surface area contributed by atoms with Crippen molar-refractivity contribution in [3.8, 4) is 0 Å². The second kappa shape index (κ2) is 7.28. The first-order valence-electron chi connectivity index (χ1n) is 7.12. The average molecular weight is 333 g/mol. The molecular weight excluding hydrogens is 314 g/mol. The summed E-state index contributed by atoms with van der Waals surface area (Å²) in [7, 11) is 0. The molecule has 5 N–H and O–H groups in total. The summed E-state index contributed by atoms with van der Waals surface area (Å²) in [5.41, 5.74) is 13.5. The van der Waals surface area contributed by atoms with Crippen LogP contribution in [0.15, 0.2) is 24.3 Å². The Hall–Kier alpha value is -2.34. The predicted octanol–water partition coefficient (Wildman–Crippen LogP) is 2.03. The Morgan fingerprint density at radius 3 is 2.70 bits per heavy atom. The van der Waals surface area contributed by atoms with Crippen LogP contribution in [0.25, 0.3) is 0 Å². The number of halogens is 1. The molecule has 2 rings (SSSR count). The number of carbonyl (C=O) groups is 1. The molecule has 0 spiro atoms. The lowest BCUT2D eigenvalue weighted by Gasteiger charge is -2.14. The standard InChI is InChI=1S/C16H19ClN5O/c1-9(7-11-6-4-3-5-10(11)2)8-20-16(23)12-14(18)22-15(19)13(17)21-12/h3-6,9H,1,7-8H2,2H3,(H,20,23)(H4,18,19,22). The van der Waals surface area contributed by atoms with Gasteiger partial charge < -0.3 is 16.8 Å². The lowest BCUT2D eigenvalue weighted by molar-refractivity contribution is 0.0945. The van der Waals surface area contributed by atoms with Crippen molar-refractivity contribution in [2.75, 3.05) is 18.0 Å². The van der Waals surface area contributed by atoms with E-state index >= 15 is 0 Å². The maximum absolute atomic E-state index is 12.1. The topological polar surface area (TPSA) is 107 Å². The summed E-state index contributed by atoms with van der Waals surface area (Å²) in [6.45, 7) is 6.50. The largest absolute Gasteiger partial charge is 0.382 e. The van der Waals surface area contributed by atoms with Gasteiger partial charge in [0.2, 0.25) is 0 Å². The van der Waals surface area contributed by atoms with Crippen molar-refractivity contribution in [2.24, 2.45) is 5.92 Å². The number of nitrogens with zero attached hydrogens (tertiary/aromatic N) is 2. The normalized spacial score (nSPS) is 12.0. The van der Waals surface area contributed by atoms with E-state index in [1.54, 1.807) is 0 Å². The highest BCUT2D eigenvalue weighted by Gasteiger charge is 2.16. The van der Waals surface area contributed by atoms with Gasteiger partial charge >= 0.3 is 0 Å². The molecule has 0 aliphatic heterocycles. The van der Waals surface area contributed by atoms with Crippen molar-refractivity contribution in [3.05, 3.63) is 53.2 Å². The maximum Gasteiger partial charge on any atom is 0.273 e. The summed E-state index contributed by atoms with van der Waals surface area (Å²) in [6, 6.07) is 8.08. The Bertz CT molecular complexity index is 720. The van der Waals surface area contributed by atoms with Gasteiger partial charge in [0.1, 0.15) is 0 Å². The van der Waals surface area contributed by atoms with Crippen LogP contribution in [-0.2, 0) is 6.42 Å². The van der Waals surface area contributed by atoms with Gasteiger partial charge in [-0.2, -0.15) is 0 Å². The molecule has 0 bridgehead atoms. The molecule has 23 heavy (non-hydrogen) atoms. The summed E-state index contributed by atoms with van der Waals surface area (Å²) in [5, 5.41) is 2.70. The van der Waals surface area contributed by atoms with E-state index in [4.69, 9.17) is 23.1 Å². The number of nitrogens with one attached hydrogen (secondary N) is 1. The van der Waals surface area contributed by atoms with Crippen LogP contribution in [0.1, 0.15) is 21.6 Å². The van der Waals surface area contributed by atoms with Gasteiger partial charge in [0.15, 0.2) is 22.5 Å². The summed E-state index contributed by atoms with van der Waals surface area (Å²) >= 11 is 5.77. The fraction of sp³-hybridized carbons (Fsp3) is 0.250. The summed E-state index contributed by atoms with van der Waals surface area (Å²) in [4.78, 5) is 19.8. The number of amides is 1. The number of hydrogen-bond acceptors (Lipinski definition) is 5. The minimum Gasteiger partial charge on any atom is -0.382 e. The number of carbonyl (C=O) groups excluding carboxylic acids is 1. The number of hydrogen-bond donors (Lipinski definition) is 3. The first kappa shape index (κ1) is 17.0. The van der Waals surface area contributed by atoms with E-state index in [9.17, 15) is 4.79 Å². The second-order valence-corrected chi connectivity index (χ2v) is 5.70. The third kappa shape index (κ3) is 4.32. The zero-order valence-corrected chi connectivity index (χ0v) is 13.6. The van der Waals surface area contributed by atoms with Crippen molar-refractivity contribution in [1.29, 1.82) is 0 Å². The molecule has 0 aliphatic carbocycles. The van der Waals surface area contributed by atoms with Crippen LogP contribution in [0.2, 0.25) is 5.15 Å². The number of benzene rings is 1. The van der Waals surface area contributed by atoms with Gasteiger partial charge in [-0.15, -0.1) is 0 Å². The number of nitrogens with two attached hydrogens (primary N) is 2. The summed E-state index contributed by atoms with van der Waals surface area (Å²) in [5.74, 6) is -0.493. The first-order valence-corrected chi connectivity index (χ1v) is 7.50. The molecule has 2 aromatic rings. The van der Waals surface area contributed by atoms with Gasteiger partial charge in [0.25, 0.3) is 5.91 Å². The van der Waals surface area contributed by atoms with Crippen LogP contribution < -0.4 is 16.8 Å². The number of aryl methyl sites for hydroxylation is 1. The molecule has 0 saturated carbocycles. The molecule has 1 aromatic carbocycles. The lowest BCUT2D eigenvalue weighted by Crippen LogP contribution is -2.31. The third-order valence-electron chi connectivity index (χ3n) is 3.44. The van der Waals surface area contributed by atoms with Crippen molar-refractivity contribution < 1.29 is 4.79 Å². The smallest absolute Gasteiger partial charge is 0.273 e. The van der Waals surface area contributed by atoms with Gasteiger partial charge in [-0.3, -0.25) is 4.79 Å². The van der Waals surface area contributed by atoms with E-state index in [-0.39, 0.29) is 28.4 Å². The molecule has 0 saturated heterocycles. The molecule has 6 nitrogen and oxygen atoms in total. The van der Waals surface area contributed by atoms with Crippen LogP contribution in [0.3, 0.4) is 0 Å². The second-order valence-electron chi connectivity index (χ2n) is 5.34. The molecule has 1 aromatic heterocycles. The highest BCUT2D eigenvalue weighted by molar-refractivity contribution is 6.31. The van der Waals surface area contributed by atoms with E-state index in [0.29, 0.717) is 6.54 Å². The molecular formula is C16H19ClN5O. The Kier molecular flexibility index (Phi) is 5.39. The van der Waals surface area contributed by atoms with Gasteiger partial charge in [0, 0.05) is 6.54 Å². The maximum atomic E-state index is 12.1. The van der Waals surface area contributed by atoms with Crippen molar-refractivity contribution >= 4 is 29.1 Å². The minimum atomic E-state index is -0.449. The van der Waals surface area contributed by atoms with Gasteiger partial charge in [0.05, 0.1) is 0 Å². The zero-order chi connectivity index (χ0) is 17.0. The minimum absolute atomic E-state index is 0.00435. The fourth-order valence-electron chi connectivity index (χ4n) is 2.15. The van der Waals surface area contributed by atoms with Crippen LogP contribution in [0.5, 0.6) is 0 Å². The van der Waals surface area contributed by atoms with Crippen LogP contribution >= 0.6 is 11.6 Å². The summed E-state index contributed by atoms with van der Waals surface area (Å²) < 4.78 is 0. The molecule has 121 valence electrons. The van der Waals surface area contributed by atoms with Gasteiger partial charge in [-0.25, -0.2) is 9.97 Å². The van der Waals surface area contributed by atoms with Crippen molar-refractivity contribution in [3.63, 3.8) is 0 Å². The number of rotatable bonds is 5. The van der Waals surface area contributed by atoms with Crippen LogP contribution in [0.4, 0.5) is 11.6 Å². The average Bonchev–Trinajstić information content (AvgIpc) is 2.51. The van der Waals surface area contributed by atoms with E-state index in [1.165, 1.54) is 11.1 Å². The predicted molar refractivity (Wildman–Crippen MR) is 91.9 cm³/mol. The van der Waals surface area contributed by atoms with E-state index in [0.717, 1.165) is 6.42 Å². The Morgan fingerprint density at radius 1 is 1.30 bits per heavy atom. The number of anilines is 2. The zero-order valence-electron chi connectivity index (χ0n) is 12.8. The molecule has 7 heteroatoms. The van der Waals surface area contributed by atoms with Crippen molar-refractivity contribution in [1.82, 2.24) is 15.3 Å². The third-order valence-corrected chi connectivity index (χ3v) is 3.72. The molecule has 0 aliphatic rings. The Morgan fingerprint density at radius 2 is 2.00 bits per heavy atom. The SMILES string of the molecule is [CH2]C(CNC(=O)c1nc(Cl)c(N)nc1N)Cc1ccccc1C. The number of nitrogen functional groups attached to an aromatic ring is 2. The molecule has 1 unspecified atom stereocenters. The highest BCUT2D eigenvalue weighted by Crippen LogP contribution is 2.17. The van der Waals surface area contributed by atoms with Crippen LogP contribution in [0, 0.1) is 19.8 Å². The molecule has 1 amide bonds. The number of aromatic nitrogens is 2. The molecule has 1 atom stereocenters. The van der Waals surface area contributed by atoms with E-state index < -0.39 is 5.91 Å². The Balaban J connectivity index is 1.96. The highest BCUT2D eigenvalue weighted by atomic mass is 35.5. The Labute approximate surface area is 140 Å². The molecule has 1 heterocycles. The summed E-state index contributed by atoms with van der Waals surface area (Å²) in [6.07, 6.45) is 0.761. The van der Waals surface area contributed by atoms with Crippen LogP contribution in [-0.4, -0.2) is 22.4 Å². The monoisotopic (exact) mass is 332 g/mol. The van der Waals surface area contributed by atoms with E-state index in [2.05, 4.69) is 28.3 Å². The van der Waals surface area contributed by atoms with E-state index in [1.807, 2.05) is 25.1 Å². The molecule has 1 radical (unpaired) electrons. The van der Waals surface area contributed by atoms with Gasteiger partial charge in [-0.1, -0.05) is 35.9 Å². The fourth-order valence-corrected chi connectivity index (χ4v) is 2.28.